The smallest absolute Gasteiger partial charge is 0.128 e. The van der Waals surface area contributed by atoms with Crippen molar-refractivity contribution in [3.8, 4) is 34.1 Å². The summed E-state index contributed by atoms with van der Waals surface area (Å²) in [5, 5.41) is 4.18. The molecule has 0 bridgehead atoms. The molecule has 40 heavy (non-hydrogen) atoms. The van der Waals surface area contributed by atoms with Crippen molar-refractivity contribution in [1.29, 1.82) is 0 Å². The van der Waals surface area contributed by atoms with E-state index < -0.39 is 0 Å². The second kappa shape index (κ2) is 10.1. The molecule has 0 radical (unpaired) electrons. The molecule has 8 heteroatoms. The minimum Gasteiger partial charge on any atom is -0.491 e. The molecule has 4 aromatic carbocycles. The maximum absolute atomic E-state index is 6.42. The van der Waals surface area contributed by atoms with E-state index in [1.807, 2.05) is 24.3 Å². The number of epoxide rings is 4. The zero-order valence-corrected chi connectivity index (χ0v) is 22.0. The van der Waals surface area contributed by atoms with Crippen molar-refractivity contribution < 1.29 is 37.9 Å². The van der Waals surface area contributed by atoms with E-state index in [0.717, 1.165) is 82.1 Å². The summed E-state index contributed by atoms with van der Waals surface area (Å²) < 4.78 is 46.6. The summed E-state index contributed by atoms with van der Waals surface area (Å²) in [5.74, 6) is 3.11. The molecule has 206 valence electrons. The number of ether oxygens (including phenoxy) is 8. The Kier molecular flexibility index (Phi) is 6.14. The number of hydrogen-bond donors (Lipinski definition) is 0. The van der Waals surface area contributed by atoms with Gasteiger partial charge < -0.3 is 37.9 Å². The maximum Gasteiger partial charge on any atom is 0.128 e. The number of hydrogen-bond acceptors (Lipinski definition) is 8. The van der Waals surface area contributed by atoms with E-state index in [0.29, 0.717) is 26.4 Å². The van der Waals surface area contributed by atoms with Crippen LogP contribution in [-0.2, 0) is 18.9 Å². The fourth-order valence-electron chi connectivity index (χ4n) is 4.89. The lowest BCUT2D eigenvalue weighted by Crippen LogP contribution is -2.08. The van der Waals surface area contributed by atoms with Crippen LogP contribution in [0, 0.1) is 0 Å². The van der Waals surface area contributed by atoms with Gasteiger partial charge in [0.2, 0.25) is 0 Å². The predicted octanol–water partition coefficient (Wildman–Crippen LogP) is 4.77. The summed E-state index contributed by atoms with van der Waals surface area (Å²) in [5.41, 5.74) is 1.90. The minimum atomic E-state index is 0.122. The first-order valence-corrected chi connectivity index (χ1v) is 13.9. The Morgan fingerprint density at radius 3 is 1.20 bits per heavy atom. The van der Waals surface area contributed by atoms with Gasteiger partial charge in [0.15, 0.2) is 0 Å². The molecule has 4 atom stereocenters. The summed E-state index contributed by atoms with van der Waals surface area (Å²) in [4.78, 5) is 0. The van der Waals surface area contributed by atoms with Crippen LogP contribution in [0.15, 0.2) is 60.7 Å². The van der Waals surface area contributed by atoms with E-state index in [1.165, 1.54) is 0 Å². The Labute approximate surface area is 231 Å². The van der Waals surface area contributed by atoms with Gasteiger partial charge in [-0.15, -0.1) is 0 Å². The fourth-order valence-corrected chi connectivity index (χ4v) is 4.89. The zero-order valence-electron chi connectivity index (χ0n) is 22.0. The molecule has 0 spiro atoms. The monoisotopic (exact) mass is 542 g/mol. The largest absolute Gasteiger partial charge is 0.491 e. The Morgan fingerprint density at radius 2 is 0.825 bits per heavy atom. The molecular formula is C32H30O8. The van der Waals surface area contributed by atoms with Crippen molar-refractivity contribution in [3.05, 3.63) is 60.7 Å². The van der Waals surface area contributed by atoms with Gasteiger partial charge >= 0.3 is 0 Å². The number of rotatable bonds is 13. The van der Waals surface area contributed by atoms with E-state index >= 15 is 0 Å². The second-order valence-corrected chi connectivity index (χ2v) is 10.7. The van der Waals surface area contributed by atoms with Gasteiger partial charge in [-0.3, -0.25) is 0 Å². The van der Waals surface area contributed by atoms with Crippen LogP contribution in [0.4, 0.5) is 0 Å². The van der Waals surface area contributed by atoms with Crippen LogP contribution in [0.25, 0.3) is 32.7 Å². The molecule has 4 aromatic rings. The summed E-state index contributed by atoms with van der Waals surface area (Å²) in [7, 11) is 0. The Balaban J connectivity index is 1.29. The van der Waals surface area contributed by atoms with E-state index in [4.69, 9.17) is 37.9 Å². The van der Waals surface area contributed by atoms with Gasteiger partial charge in [0.1, 0.15) is 73.8 Å². The first-order chi connectivity index (χ1) is 19.8. The van der Waals surface area contributed by atoms with Crippen molar-refractivity contribution in [1.82, 2.24) is 0 Å². The molecule has 0 aliphatic carbocycles. The van der Waals surface area contributed by atoms with Crippen LogP contribution < -0.4 is 18.9 Å². The molecule has 0 N–H and O–H groups in total. The lowest BCUT2D eigenvalue weighted by molar-refractivity contribution is 0.261. The van der Waals surface area contributed by atoms with Gasteiger partial charge in [-0.05, 0) is 57.9 Å². The first kappa shape index (κ1) is 24.3. The Bertz CT molecular complexity index is 1420. The maximum atomic E-state index is 6.42. The topological polar surface area (TPSA) is 87.0 Å². The van der Waals surface area contributed by atoms with Gasteiger partial charge in [0, 0.05) is 11.1 Å². The highest BCUT2D eigenvalue weighted by molar-refractivity contribution is 6.10. The standard InChI is InChI=1S/C32H30O8/c1-5-21(33-11-23-13-35-23)9-27-19(1)3-7-29(39-17-25-15-37-25)31(27)32-28-10-22(34-12-24-14-36-24)6-2-20(28)4-8-30(32)40-18-26-16-38-26/h1-10,23-26H,11-18H2/t23?,24?,25-,26?/m0/s1. The van der Waals surface area contributed by atoms with Gasteiger partial charge in [-0.2, -0.15) is 0 Å². The van der Waals surface area contributed by atoms with Gasteiger partial charge in [0.25, 0.3) is 0 Å². The zero-order chi connectivity index (χ0) is 26.5. The van der Waals surface area contributed by atoms with Gasteiger partial charge in [-0.25, -0.2) is 0 Å². The van der Waals surface area contributed by atoms with E-state index in [1.54, 1.807) is 0 Å². The lowest BCUT2D eigenvalue weighted by atomic mass is 9.92. The fraction of sp³-hybridized carbons (Fsp3) is 0.375. The molecule has 4 heterocycles. The van der Waals surface area contributed by atoms with Crippen LogP contribution in [0.2, 0.25) is 0 Å². The highest BCUT2D eigenvalue weighted by Crippen LogP contribution is 2.47. The van der Waals surface area contributed by atoms with Crippen molar-refractivity contribution in [2.45, 2.75) is 24.4 Å². The molecule has 0 aromatic heterocycles. The van der Waals surface area contributed by atoms with Crippen molar-refractivity contribution >= 4 is 21.5 Å². The molecule has 8 rings (SSSR count). The van der Waals surface area contributed by atoms with Crippen LogP contribution in [0.3, 0.4) is 0 Å². The van der Waals surface area contributed by atoms with Gasteiger partial charge in [-0.1, -0.05) is 24.3 Å². The highest BCUT2D eigenvalue weighted by Gasteiger charge is 2.28. The molecule has 0 saturated carbocycles. The summed E-state index contributed by atoms with van der Waals surface area (Å²) in [6.45, 7) is 4.98. The second-order valence-electron chi connectivity index (χ2n) is 10.7. The van der Waals surface area contributed by atoms with E-state index in [9.17, 15) is 0 Å². The third-order valence-electron chi connectivity index (χ3n) is 7.49. The quantitative estimate of drug-likeness (QED) is 0.223. The average Bonchev–Trinajstić information content (AvgIpc) is 3.82. The lowest BCUT2D eigenvalue weighted by Gasteiger charge is -2.20. The highest BCUT2D eigenvalue weighted by atomic mass is 16.6. The molecule has 8 nitrogen and oxygen atoms in total. The van der Waals surface area contributed by atoms with E-state index in [2.05, 4.69) is 36.4 Å². The SMILES string of the molecule is c1cc2ccc(OCC3CO3)c(-c3c(OC[C@@H]4CO4)ccc4ccc(OCC5CO5)cc34)c2cc1OCC1CO1. The third kappa shape index (κ3) is 5.40. The van der Waals surface area contributed by atoms with Crippen LogP contribution in [-0.4, -0.2) is 77.3 Å². The summed E-state index contributed by atoms with van der Waals surface area (Å²) >= 11 is 0. The molecule has 4 fully saturated rings. The molecule has 0 amide bonds. The van der Waals surface area contributed by atoms with Gasteiger partial charge in [0.05, 0.1) is 26.4 Å². The van der Waals surface area contributed by atoms with Crippen molar-refractivity contribution in [2.75, 3.05) is 52.9 Å². The first-order valence-electron chi connectivity index (χ1n) is 13.9. The van der Waals surface area contributed by atoms with Crippen LogP contribution in [0.1, 0.15) is 0 Å². The summed E-state index contributed by atoms with van der Waals surface area (Å²) in [6.07, 6.45) is 0.587. The number of benzene rings is 4. The molecule has 4 saturated heterocycles. The normalized spacial score (nSPS) is 24.1. The Morgan fingerprint density at radius 1 is 0.475 bits per heavy atom. The molecule has 4 aliphatic rings. The third-order valence-corrected chi connectivity index (χ3v) is 7.49. The Hall–Kier alpha value is -3.56. The number of fused-ring (bicyclic) bond motifs is 2. The van der Waals surface area contributed by atoms with Crippen LogP contribution >= 0.6 is 0 Å². The van der Waals surface area contributed by atoms with E-state index in [-0.39, 0.29) is 24.4 Å². The molecule has 3 unspecified atom stereocenters. The summed E-state index contributed by atoms with van der Waals surface area (Å²) in [6, 6.07) is 20.6. The van der Waals surface area contributed by atoms with Crippen LogP contribution in [0.5, 0.6) is 23.0 Å². The average molecular weight is 543 g/mol. The predicted molar refractivity (Wildman–Crippen MR) is 148 cm³/mol. The molecule has 4 aliphatic heterocycles. The minimum absolute atomic E-state index is 0.122. The molecular weight excluding hydrogens is 512 g/mol. The van der Waals surface area contributed by atoms with Crippen molar-refractivity contribution in [2.24, 2.45) is 0 Å². The van der Waals surface area contributed by atoms with Crippen molar-refractivity contribution in [3.63, 3.8) is 0 Å².